The summed E-state index contributed by atoms with van der Waals surface area (Å²) in [6.45, 7) is 8.66. The van der Waals surface area contributed by atoms with Crippen LogP contribution in [0.5, 0.6) is 0 Å². The number of hydrogen-bond donors (Lipinski definition) is 2. The second kappa shape index (κ2) is 8.72. The number of amides is 1. The molecule has 0 aliphatic heterocycles. The van der Waals surface area contributed by atoms with Crippen LogP contribution in [0.2, 0.25) is 0 Å². The van der Waals surface area contributed by atoms with E-state index in [1.54, 1.807) is 0 Å². The molecular formula is C16H27N3O. The van der Waals surface area contributed by atoms with Crippen molar-refractivity contribution in [3.63, 3.8) is 0 Å². The van der Waals surface area contributed by atoms with Gasteiger partial charge in [-0.25, -0.2) is 0 Å². The van der Waals surface area contributed by atoms with E-state index in [2.05, 4.69) is 36.4 Å². The molecule has 1 aromatic carbocycles. The summed E-state index contributed by atoms with van der Waals surface area (Å²) in [5.74, 6) is 0.00562. The van der Waals surface area contributed by atoms with E-state index >= 15 is 0 Å². The average molecular weight is 277 g/mol. The highest BCUT2D eigenvalue weighted by Crippen LogP contribution is 2.07. The highest BCUT2D eigenvalue weighted by atomic mass is 16.1. The minimum absolute atomic E-state index is 0.00562. The van der Waals surface area contributed by atoms with Gasteiger partial charge in [0.15, 0.2) is 0 Å². The molecule has 4 nitrogen and oxygen atoms in total. The number of carbonyl (C=O) groups is 1. The predicted molar refractivity (Wildman–Crippen MR) is 85.1 cm³/mol. The third-order valence-corrected chi connectivity index (χ3v) is 3.37. The van der Waals surface area contributed by atoms with Crippen LogP contribution in [-0.4, -0.2) is 43.5 Å². The molecule has 20 heavy (non-hydrogen) atoms. The first-order valence-corrected chi connectivity index (χ1v) is 7.26. The highest BCUT2D eigenvalue weighted by molar-refractivity contribution is 5.92. The Labute approximate surface area is 122 Å². The molecule has 0 fully saturated rings. The number of hydrogen-bond acceptors (Lipinski definition) is 3. The van der Waals surface area contributed by atoms with Crippen LogP contribution in [-0.2, 0) is 4.79 Å². The van der Waals surface area contributed by atoms with Crippen molar-refractivity contribution in [2.24, 2.45) is 0 Å². The van der Waals surface area contributed by atoms with Crippen molar-refractivity contribution in [3.8, 4) is 0 Å². The van der Waals surface area contributed by atoms with Gasteiger partial charge in [-0.3, -0.25) is 4.79 Å². The molecular weight excluding hydrogens is 250 g/mol. The Hall–Kier alpha value is -1.39. The van der Waals surface area contributed by atoms with Gasteiger partial charge in [0.05, 0.1) is 6.54 Å². The van der Waals surface area contributed by atoms with E-state index in [0.29, 0.717) is 12.6 Å². The van der Waals surface area contributed by atoms with Gasteiger partial charge in [0, 0.05) is 11.7 Å². The summed E-state index contributed by atoms with van der Waals surface area (Å²) in [5.41, 5.74) is 2.04. The Kier molecular flexibility index (Phi) is 7.26. The molecule has 0 aromatic heterocycles. The number of anilines is 1. The molecule has 0 aliphatic carbocycles. The lowest BCUT2D eigenvalue weighted by Crippen LogP contribution is -2.32. The quantitative estimate of drug-likeness (QED) is 0.716. The van der Waals surface area contributed by atoms with Crippen LogP contribution in [0.15, 0.2) is 24.3 Å². The molecule has 4 heteroatoms. The molecule has 0 radical (unpaired) electrons. The largest absolute Gasteiger partial charge is 0.325 e. The van der Waals surface area contributed by atoms with Gasteiger partial charge in [-0.2, -0.15) is 0 Å². The molecule has 2 N–H and O–H groups in total. The van der Waals surface area contributed by atoms with Gasteiger partial charge >= 0.3 is 0 Å². The highest BCUT2D eigenvalue weighted by Gasteiger charge is 2.03. The van der Waals surface area contributed by atoms with Crippen molar-refractivity contribution in [1.82, 2.24) is 10.2 Å². The van der Waals surface area contributed by atoms with Gasteiger partial charge in [-0.15, -0.1) is 0 Å². The second-order valence-electron chi connectivity index (χ2n) is 5.52. The standard InChI is InChI=1S/C16H27N3O/c1-13(2)19(4)11-5-10-17-12-16(20)18-15-8-6-14(3)7-9-15/h6-9,13,17H,5,10-12H2,1-4H3,(H,18,20). The van der Waals surface area contributed by atoms with Gasteiger partial charge in [-0.1, -0.05) is 17.7 Å². The van der Waals surface area contributed by atoms with Crippen LogP contribution in [0.4, 0.5) is 5.69 Å². The topological polar surface area (TPSA) is 44.4 Å². The molecule has 0 heterocycles. The Morgan fingerprint density at radius 2 is 1.90 bits per heavy atom. The molecule has 0 saturated carbocycles. The molecule has 1 rings (SSSR count). The van der Waals surface area contributed by atoms with Crippen LogP contribution in [0.3, 0.4) is 0 Å². The van der Waals surface area contributed by atoms with E-state index in [-0.39, 0.29) is 5.91 Å². The number of nitrogens with one attached hydrogen (secondary N) is 2. The number of rotatable bonds is 8. The van der Waals surface area contributed by atoms with Crippen LogP contribution in [0, 0.1) is 6.92 Å². The summed E-state index contributed by atoms with van der Waals surface area (Å²) in [6, 6.07) is 8.39. The van der Waals surface area contributed by atoms with Crippen molar-refractivity contribution < 1.29 is 4.79 Å². The van der Waals surface area contributed by atoms with Crippen LogP contribution in [0.25, 0.3) is 0 Å². The smallest absolute Gasteiger partial charge is 0.238 e. The van der Waals surface area contributed by atoms with Crippen molar-refractivity contribution >= 4 is 11.6 Å². The van der Waals surface area contributed by atoms with Crippen LogP contribution >= 0.6 is 0 Å². The molecule has 1 aromatic rings. The molecule has 0 saturated heterocycles. The Morgan fingerprint density at radius 1 is 1.25 bits per heavy atom. The van der Waals surface area contributed by atoms with Gasteiger partial charge in [0.2, 0.25) is 5.91 Å². The van der Waals surface area contributed by atoms with Gasteiger partial charge in [-0.05, 0) is 59.5 Å². The molecule has 1 amide bonds. The third-order valence-electron chi connectivity index (χ3n) is 3.37. The first-order chi connectivity index (χ1) is 9.49. The lowest BCUT2D eigenvalue weighted by atomic mass is 10.2. The summed E-state index contributed by atoms with van der Waals surface area (Å²) in [5, 5.41) is 6.05. The normalized spacial score (nSPS) is 11.1. The van der Waals surface area contributed by atoms with Gasteiger partial charge in [0.25, 0.3) is 0 Å². The molecule has 112 valence electrons. The number of carbonyl (C=O) groups excluding carboxylic acids is 1. The van der Waals surface area contributed by atoms with E-state index in [4.69, 9.17) is 0 Å². The zero-order valence-corrected chi connectivity index (χ0v) is 13.1. The molecule has 0 atom stereocenters. The number of benzene rings is 1. The van der Waals surface area contributed by atoms with E-state index in [9.17, 15) is 4.79 Å². The zero-order chi connectivity index (χ0) is 15.0. The van der Waals surface area contributed by atoms with E-state index in [0.717, 1.165) is 25.2 Å². The fraction of sp³-hybridized carbons (Fsp3) is 0.562. The fourth-order valence-electron chi connectivity index (χ4n) is 1.76. The first-order valence-electron chi connectivity index (χ1n) is 7.26. The lowest BCUT2D eigenvalue weighted by molar-refractivity contribution is -0.115. The monoisotopic (exact) mass is 277 g/mol. The predicted octanol–water partition coefficient (Wildman–Crippen LogP) is 2.25. The molecule has 0 bridgehead atoms. The van der Waals surface area contributed by atoms with Crippen molar-refractivity contribution in [3.05, 3.63) is 29.8 Å². The van der Waals surface area contributed by atoms with Crippen LogP contribution in [0.1, 0.15) is 25.8 Å². The van der Waals surface area contributed by atoms with Gasteiger partial charge < -0.3 is 15.5 Å². The fourth-order valence-corrected chi connectivity index (χ4v) is 1.76. The summed E-state index contributed by atoms with van der Waals surface area (Å²) in [6.07, 6.45) is 1.05. The Bertz CT molecular complexity index is 401. The average Bonchev–Trinajstić information content (AvgIpc) is 2.40. The SMILES string of the molecule is Cc1ccc(NC(=O)CNCCCN(C)C(C)C)cc1. The zero-order valence-electron chi connectivity index (χ0n) is 13.1. The van der Waals surface area contributed by atoms with Crippen molar-refractivity contribution in [2.75, 3.05) is 32.0 Å². The maximum Gasteiger partial charge on any atom is 0.238 e. The minimum atomic E-state index is 0.00562. The summed E-state index contributed by atoms with van der Waals surface area (Å²) in [4.78, 5) is 14.0. The van der Waals surface area contributed by atoms with E-state index in [1.807, 2.05) is 31.2 Å². The minimum Gasteiger partial charge on any atom is -0.325 e. The number of nitrogens with zero attached hydrogens (tertiary/aromatic N) is 1. The van der Waals surface area contributed by atoms with Gasteiger partial charge in [0.1, 0.15) is 0 Å². The second-order valence-corrected chi connectivity index (χ2v) is 5.52. The maximum absolute atomic E-state index is 11.7. The first kappa shape index (κ1) is 16.7. The molecule has 0 spiro atoms. The summed E-state index contributed by atoms with van der Waals surface area (Å²) < 4.78 is 0. The van der Waals surface area contributed by atoms with Crippen LogP contribution < -0.4 is 10.6 Å². The third kappa shape index (κ3) is 6.68. The Balaban J connectivity index is 2.13. The lowest BCUT2D eigenvalue weighted by Gasteiger charge is -2.20. The maximum atomic E-state index is 11.7. The number of aryl methyl sites for hydroxylation is 1. The van der Waals surface area contributed by atoms with Crippen molar-refractivity contribution in [1.29, 1.82) is 0 Å². The molecule has 0 aliphatic rings. The summed E-state index contributed by atoms with van der Waals surface area (Å²) in [7, 11) is 2.12. The molecule has 0 unspecified atom stereocenters. The Morgan fingerprint density at radius 3 is 2.50 bits per heavy atom. The van der Waals surface area contributed by atoms with E-state index in [1.165, 1.54) is 5.56 Å². The summed E-state index contributed by atoms with van der Waals surface area (Å²) >= 11 is 0. The van der Waals surface area contributed by atoms with E-state index < -0.39 is 0 Å². The van der Waals surface area contributed by atoms with Crippen molar-refractivity contribution in [2.45, 2.75) is 33.2 Å².